The molecule has 0 radical (unpaired) electrons. The molecule has 0 unspecified atom stereocenters. The lowest BCUT2D eigenvalue weighted by Gasteiger charge is -2.38. The van der Waals surface area contributed by atoms with Gasteiger partial charge in [0.15, 0.2) is 11.5 Å². The Morgan fingerprint density at radius 3 is 2.52 bits per heavy atom. The van der Waals surface area contributed by atoms with Gasteiger partial charge >= 0.3 is 0 Å². The third-order valence-electron chi connectivity index (χ3n) is 5.47. The van der Waals surface area contributed by atoms with E-state index < -0.39 is 0 Å². The molecule has 2 aromatic carbocycles. The first kappa shape index (κ1) is 21.0. The molecule has 6 heteroatoms. The van der Waals surface area contributed by atoms with Crippen molar-refractivity contribution in [1.29, 1.82) is 0 Å². The first-order valence-corrected chi connectivity index (χ1v) is 10.1. The number of rotatable bonds is 7. The molecule has 0 aromatic heterocycles. The SMILES string of the molecule is CCC(=O)N(c1cccc(OC)c1)C1CCN(Cc2ccc(OC)c(O)c2)CC1. The Morgan fingerprint density at radius 2 is 1.90 bits per heavy atom. The number of nitrogens with zero attached hydrogens (tertiary/aromatic N) is 2. The number of phenols is 1. The van der Waals surface area contributed by atoms with Crippen LogP contribution in [0.25, 0.3) is 0 Å². The fourth-order valence-corrected chi connectivity index (χ4v) is 3.92. The summed E-state index contributed by atoms with van der Waals surface area (Å²) in [5.41, 5.74) is 1.95. The van der Waals surface area contributed by atoms with Gasteiger partial charge in [0.1, 0.15) is 5.75 Å². The number of aromatic hydroxyl groups is 1. The summed E-state index contributed by atoms with van der Waals surface area (Å²) in [6.07, 6.45) is 2.29. The van der Waals surface area contributed by atoms with Crippen molar-refractivity contribution in [3.05, 3.63) is 48.0 Å². The highest BCUT2D eigenvalue weighted by Gasteiger charge is 2.28. The third-order valence-corrected chi connectivity index (χ3v) is 5.47. The molecule has 1 aliphatic heterocycles. The first-order valence-electron chi connectivity index (χ1n) is 10.1. The van der Waals surface area contributed by atoms with E-state index in [2.05, 4.69) is 4.90 Å². The van der Waals surface area contributed by atoms with Crippen molar-refractivity contribution in [3.8, 4) is 17.2 Å². The zero-order valence-electron chi connectivity index (χ0n) is 17.4. The maximum atomic E-state index is 12.7. The van der Waals surface area contributed by atoms with Crippen LogP contribution < -0.4 is 14.4 Å². The van der Waals surface area contributed by atoms with Crippen molar-refractivity contribution >= 4 is 11.6 Å². The molecular weight excluding hydrogens is 368 g/mol. The minimum Gasteiger partial charge on any atom is -0.504 e. The Morgan fingerprint density at radius 1 is 1.14 bits per heavy atom. The Balaban J connectivity index is 1.66. The van der Waals surface area contributed by atoms with Gasteiger partial charge in [0.2, 0.25) is 5.91 Å². The minimum atomic E-state index is 0.136. The summed E-state index contributed by atoms with van der Waals surface area (Å²) >= 11 is 0. The molecule has 29 heavy (non-hydrogen) atoms. The van der Waals surface area contributed by atoms with Crippen LogP contribution >= 0.6 is 0 Å². The molecule has 1 N–H and O–H groups in total. The third kappa shape index (κ3) is 5.01. The molecular formula is C23H30N2O4. The van der Waals surface area contributed by atoms with Crippen LogP contribution in [0.1, 0.15) is 31.7 Å². The summed E-state index contributed by atoms with van der Waals surface area (Å²) in [7, 11) is 3.19. The molecule has 2 aromatic rings. The Bertz CT molecular complexity index is 831. The lowest BCUT2D eigenvalue weighted by atomic mass is 10.0. The minimum absolute atomic E-state index is 0.136. The largest absolute Gasteiger partial charge is 0.504 e. The highest BCUT2D eigenvalue weighted by molar-refractivity contribution is 5.94. The average molecular weight is 399 g/mol. The predicted molar refractivity (Wildman–Crippen MR) is 114 cm³/mol. The number of anilines is 1. The van der Waals surface area contributed by atoms with Crippen molar-refractivity contribution in [2.45, 2.75) is 38.8 Å². The number of hydrogen-bond donors (Lipinski definition) is 1. The summed E-state index contributed by atoms with van der Waals surface area (Å²) in [4.78, 5) is 17.0. The molecule has 0 aliphatic carbocycles. The van der Waals surface area contributed by atoms with E-state index in [4.69, 9.17) is 9.47 Å². The van der Waals surface area contributed by atoms with Gasteiger partial charge in [0, 0.05) is 43.9 Å². The van der Waals surface area contributed by atoms with Gasteiger partial charge in [-0.1, -0.05) is 19.1 Å². The van der Waals surface area contributed by atoms with Crippen molar-refractivity contribution in [1.82, 2.24) is 4.90 Å². The maximum absolute atomic E-state index is 12.7. The molecule has 0 atom stereocenters. The smallest absolute Gasteiger partial charge is 0.226 e. The number of carbonyl (C=O) groups excluding carboxylic acids is 1. The van der Waals surface area contributed by atoms with Crippen LogP contribution in [0.2, 0.25) is 0 Å². The predicted octanol–water partition coefficient (Wildman–Crippen LogP) is 3.82. The highest BCUT2D eigenvalue weighted by Crippen LogP contribution is 2.30. The summed E-state index contributed by atoms with van der Waals surface area (Å²) in [6, 6.07) is 13.4. The molecule has 1 heterocycles. The van der Waals surface area contributed by atoms with Gasteiger partial charge in [-0.2, -0.15) is 0 Å². The molecule has 156 valence electrons. The number of piperidine rings is 1. The van der Waals surface area contributed by atoms with Gasteiger partial charge in [-0.15, -0.1) is 0 Å². The monoisotopic (exact) mass is 398 g/mol. The second-order valence-corrected chi connectivity index (χ2v) is 7.33. The normalized spacial score (nSPS) is 15.1. The standard InChI is InChI=1S/C23H30N2O4/c1-4-23(27)25(19-6-5-7-20(15-19)28-2)18-10-12-24(13-11-18)16-17-8-9-22(29-3)21(26)14-17/h5-9,14-15,18,26H,4,10-13,16H2,1-3H3. The van der Waals surface area contributed by atoms with Crippen LogP contribution in [0, 0.1) is 0 Å². The topological polar surface area (TPSA) is 62.2 Å². The number of amides is 1. The van der Waals surface area contributed by atoms with Gasteiger partial charge < -0.3 is 19.5 Å². The second-order valence-electron chi connectivity index (χ2n) is 7.33. The van der Waals surface area contributed by atoms with Gasteiger partial charge in [-0.05, 0) is 42.7 Å². The number of methoxy groups -OCH3 is 2. The number of benzene rings is 2. The summed E-state index contributed by atoms with van der Waals surface area (Å²) in [6.45, 7) is 4.47. The van der Waals surface area contributed by atoms with E-state index in [0.717, 1.165) is 49.5 Å². The van der Waals surface area contributed by atoms with E-state index in [9.17, 15) is 9.90 Å². The van der Waals surface area contributed by atoms with Crippen LogP contribution in [-0.4, -0.2) is 49.3 Å². The average Bonchev–Trinajstić information content (AvgIpc) is 2.75. The number of hydrogen-bond acceptors (Lipinski definition) is 5. The zero-order valence-corrected chi connectivity index (χ0v) is 17.4. The van der Waals surface area contributed by atoms with Crippen molar-refractivity contribution in [2.24, 2.45) is 0 Å². The summed E-state index contributed by atoms with van der Waals surface area (Å²) in [5, 5.41) is 9.99. The van der Waals surface area contributed by atoms with Crippen LogP contribution in [-0.2, 0) is 11.3 Å². The highest BCUT2D eigenvalue weighted by atomic mass is 16.5. The van der Waals surface area contributed by atoms with Crippen LogP contribution in [0.15, 0.2) is 42.5 Å². The van der Waals surface area contributed by atoms with E-state index in [1.165, 1.54) is 0 Å². The van der Waals surface area contributed by atoms with Gasteiger partial charge in [-0.25, -0.2) is 0 Å². The van der Waals surface area contributed by atoms with E-state index >= 15 is 0 Å². The number of phenolic OH excluding ortho intramolecular Hbond substituents is 1. The molecule has 0 bridgehead atoms. The van der Waals surface area contributed by atoms with E-state index in [1.54, 1.807) is 26.4 Å². The Kier molecular flexibility index (Phi) is 6.99. The summed E-state index contributed by atoms with van der Waals surface area (Å²) in [5.74, 6) is 1.54. The van der Waals surface area contributed by atoms with Crippen molar-refractivity contribution in [3.63, 3.8) is 0 Å². The number of ether oxygens (including phenoxy) is 2. The first-order chi connectivity index (χ1) is 14.0. The lowest BCUT2D eigenvalue weighted by molar-refractivity contribution is -0.119. The molecule has 1 saturated heterocycles. The molecule has 0 saturated carbocycles. The molecule has 1 aliphatic rings. The van der Waals surface area contributed by atoms with Crippen molar-refractivity contribution in [2.75, 3.05) is 32.2 Å². The van der Waals surface area contributed by atoms with Crippen molar-refractivity contribution < 1.29 is 19.4 Å². The van der Waals surface area contributed by atoms with E-state index in [0.29, 0.717) is 12.2 Å². The zero-order chi connectivity index (χ0) is 20.8. The lowest BCUT2D eigenvalue weighted by Crippen LogP contribution is -2.47. The van der Waals surface area contributed by atoms with E-state index in [1.807, 2.05) is 42.2 Å². The van der Waals surface area contributed by atoms with Crippen LogP contribution in [0.5, 0.6) is 17.2 Å². The van der Waals surface area contributed by atoms with Crippen LogP contribution in [0.3, 0.4) is 0 Å². The number of carbonyl (C=O) groups is 1. The molecule has 6 nitrogen and oxygen atoms in total. The Hall–Kier alpha value is -2.73. The second kappa shape index (κ2) is 9.65. The Labute approximate surface area is 172 Å². The number of likely N-dealkylation sites (tertiary alicyclic amines) is 1. The maximum Gasteiger partial charge on any atom is 0.226 e. The molecule has 3 rings (SSSR count). The fraction of sp³-hybridized carbons (Fsp3) is 0.435. The van der Waals surface area contributed by atoms with E-state index in [-0.39, 0.29) is 17.7 Å². The summed E-state index contributed by atoms with van der Waals surface area (Å²) < 4.78 is 10.5. The molecule has 1 fully saturated rings. The quantitative estimate of drug-likeness (QED) is 0.768. The van der Waals surface area contributed by atoms with Gasteiger partial charge in [-0.3, -0.25) is 9.69 Å². The van der Waals surface area contributed by atoms with Gasteiger partial charge in [0.05, 0.1) is 14.2 Å². The van der Waals surface area contributed by atoms with Gasteiger partial charge in [0.25, 0.3) is 0 Å². The molecule has 1 amide bonds. The van der Waals surface area contributed by atoms with Crippen LogP contribution in [0.4, 0.5) is 5.69 Å². The fourth-order valence-electron chi connectivity index (χ4n) is 3.92. The molecule has 0 spiro atoms.